The lowest BCUT2D eigenvalue weighted by Crippen LogP contribution is -2.29. The number of nitrogens with two attached hydrogens (primary N) is 1. The van der Waals surface area contributed by atoms with Crippen LogP contribution in [0.15, 0.2) is 125 Å². The maximum absolute atomic E-state index is 6.75. The molecule has 2 N–H and O–H groups in total. The van der Waals surface area contributed by atoms with Gasteiger partial charge in [0.05, 0.1) is 34.2 Å². The fourth-order valence-electron chi connectivity index (χ4n) is 5.97. The summed E-state index contributed by atoms with van der Waals surface area (Å²) in [6.07, 6.45) is 0. The molecule has 4 nitrogen and oxygen atoms in total. The van der Waals surface area contributed by atoms with E-state index in [-0.39, 0.29) is 5.92 Å². The molecule has 5 rings (SSSR count). The average Bonchev–Trinajstić information content (AvgIpc) is 3.06. The summed E-state index contributed by atoms with van der Waals surface area (Å²) < 4.78 is 0. The largest absolute Gasteiger partial charge is 0.322 e. The molecule has 0 saturated heterocycles. The van der Waals surface area contributed by atoms with Crippen molar-refractivity contribution in [1.29, 1.82) is 0 Å². The van der Waals surface area contributed by atoms with Crippen LogP contribution in [0, 0.1) is 0 Å². The van der Waals surface area contributed by atoms with Crippen LogP contribution < -0.4 is 5.73 Å². The molecule has 47 heavy (non-hydrogen) atoms. The Kier molecular flexibility index (Phi) is 10.3. The van der Waals surface area contributed by atoms with Crippen LogP contribution in [0.1, 0.15) is 118 Å². The van der Waals surface area contributed by atoms with Gasteiger partial charge in [0.1, 0.15) is 0 Å². The fourth-order valence-corrected chi connectivity index (χ4v) is 5.97. The van der Waals surface area contributed by atoms with E-state index in [4.69, 9.17) is 20.7 Å². The topological polar surface area (TPSA) is 63.6 Å². The van der Waals surface area contributed by atoms with Crippen LogP contribution in [-0.2, 0) is 5.54 Å². The highest BCUT2D eigenvalue weighted by Gasteiger charge is 2.23. The number of pyridine rings is 1. The molecule has 1 heterocycles. The molecule has 0 atom stereocenters. The predicted molar refractivity (Wildman–Crippen MR) is 200 cm³/mol. The van der Waals surface area contributed by atoms with Crippen molar-refractivity contribution >= 4 is 22.8 Å². The summed E-state index contributed by atoms with van der Waals surface area (Å²) in [7, 11) is 0. The maximum Gasteiger partial charge on any atom is 0.0966 e. The first-order chi connectivity index (χ1) is 22.5. The van der Waals surface area contributed by atoms with Gasteiger partial charge in [-0.05, 0) is 66.0 Å². The molecular weight excluding hydrogens is 573 g/mol. The maximum atomic E-state index is 6.75. The SMILES string of the molecule is CC(C)c1cccc(C(C)C)c1N=C(c1ccccc1)c1cccc(C(=Nc2c(C(C)C)cccc2C(C)(C)N)c2ccccc2)n1. The van der Waals surface area contributed by atoms with Crippen molar-refractivity contribution in [1.82, 2.24) is 4.98 Å². The molecule has 1 aromatic heterocycles. The Labute approximate surface area is 281 Å². The number of benzene rings is 4. The summed E-state index contributed by atoms with van der Waals surface area (Å²) in [5, 5.41) is 0. The summed E-state index contributed by atoms with van der Waals surface area (Å²) >= 11 is 0. The van der Waals surface area contributed by atoms with Crippen LogP contribution in [0.2, 0.25) is 0 Å². The third-order valence-corrected chi connectivity index (χ3v) is 8.50. The van der Waals surface area contributed by atoms with E-state index >= 15 is 0 Å². The second-order valence-electron chi connectivity index (χ2n) is 13.8. The Bertz CT molecular complexity index is 1850. The van der Waals surface area contributed by atoms with E-state index < -0.39 is 5.54 Å². The third kappa shape index (κ3) is 7.66. The van der Waals surface area contributed by atoms with Crippen molar-refractivity contribution in [2.45, 2.75) is 78.7 Å². The van der Waals surface area contributed by atoms with Crippen LogP contribution in [0.3, 0.4) is 0 Å². The van der Waals surface area contributed by atoms with E-state index in [0.717, 1.165) is 56.4 Å². The van der Waals surface area contributed by atoms with Crippen LogP contribution in [0.25, 0.3) is 0 Å². The van der Waals surface area contributed by atoms with Gasteiger partial charge >= 0.3 is 0 Å². The van der Waals surface area contributed by atoms with Crippen molar-refractivity contribution in [3.05, 3.63) is 160 Å². The van der Waals surface area contributed by atoms with E-state index in [2.05, 4.69) is 126 Å². The Balaban J connectivity index is 1.80. The van der Waals surface area contributed by atoms with Crippen molar-refractivity contribution < 1.29 is 0 Å². The van der Waals surface area contributed by atoms with E-state index in [0.29, 0.717) is 11.8 Å². The van der Waals surface area contributed by atoms with E-state index in [1.54, 1.807) is 0 Å². The molecule has 0 spiro atoms. The van der Waals surface area contributed by atoms with Crippen LogP contribution in [0.4, 0.5) is 11.4 Å². The second-order valence-corrected chi connectivity index (χ2v) is 13.8. The van der Waals surface area contributed by atoms with E-state index in [9.17, 15) is 0 Å². The van der Waals surface area contributed by atoms with Crippen molar-refractivity contribution in [2.75, 3.05) is 0 Å². The number of aromatic nitrogens is 1. The first kappa shape index (κ1) is 33.7. The van der Waals surface area contributed by atoms with E-state index in [1.807, 2.05) is 44.2 Å². The second kappa shape index (κ2) is 14.4. The molecule has 4 aromatic carbocycles. The lowest BCUT2D eigenvalue weighted by atomic mass is 9.88. The van der Waals surface area contributed by atoms with Gasteiger partial charge in [0.25, 0.3) is 0 Å². The molecule has 0 aliphatic heterocycles. The minimum absolute atomic E-state index is 0.264. The normalized spacial score (nSPS) is 12.8. The highest BCUT2D eigenvalue weighted by molar-refractivity contribution is 6.16. The lowest BCUT2D eigenvalue weighted by molar-refractivity contribution is 0.554. The third-order valence-electron chi connectivity index (χ3n) is 8.50. The number of nitrogens with zero attached hydrogens (tertiary/aromatic N) is 3. The summed E-state index contributed by atoms with van der Waals surface area (Å²) in [5.74, 6) is 0.908. The first-order valence-corrected chi connectivity index (χ1v) is 16.8. The average molecular weight is 621 g/mol. The van der Waals surface area contributed by atoms with Gasteiger partial charge in [0.15, 0.2) is 0 Å². The molecule has 0 unspecified atom stereocenters. The lowest BCUT2D eigenvalue weighted by Gasteiger charge is -2.24. The molecule has 0 aliphatic carbocycles. The molecule has 0 radical (unpaired) electrons. The quantitative estimate of drug-likeness (QED) is 0.158. The summed E-state index contributed by atoms with van der Waals surface area (Å²) in [6.45, 7) is 17.4. The summed E-state index contributed by atoms with van der Waals surface area (Å²) in [6, 6.07) is 39.7. The fraction of sp³-hybridized carbons (Fsp3) is 0.279. The molecule has 0 fully saturated rings. The molecule has 0 bridgehead atoms. The summed E-state index contributed by atoms with van der Waals surface area (Å²) in [5.41, 5.74) is 17.9. The zero-order valence-corrected chi connectivity index (χ0v) is 29.1. The Morgan fingerprint density at radius 3 is 1.32 bits per heavy atom. The van der Waals surface area contributed by atoms with Gasteiger partial charge in [-0.25, -0.2) is 15.0 Å². The first-order valence-electron chi connectivity index (χ1n) is 16.8. The number of aliphatic imine (C=N–C) groups is 2. The van der Waals surface area contributed by atoms with Gasteiger partial charge in [-0.1, -0.05) is 145 Å². The van der Waals surface area contributed by atoms with Crippen LogP contribution in [0.5, 0.6) is 0 Å². The number of hydrogen-bond donors (Lipinski definition) is 1. The highest BCUT2D eigenvalue weighted by Crippen LogP contribution is 2.38. The van der Waals surface area contributed by atoms with Crippen molar-refractivity contribution in [3.8, 4) is 0 Å². The van der Waals surface area contributed by atoms with Crippen LogP contribution in [-0.4, -0.2) is 16.4 Å². The highest BCUT2D eigenvalue weighted by atomic mass is 14.9. The standard InChI is InChI=1S/C43H48N4/c1-28(2)33-22-15-23-34(29(3)4)41(33)46-39(31-18-11-9-12-19-31)37-26-17-27-38(45-37)40(32-20-13-10-14-21-32)47-42-35(30(5)6)24-16-25-36(42)43(7,8)44/h9-30H,44H2,1-8H3. The minimum atomic E-state index is -0.578. The molecule has 0 amide bonds. The Morgan fingerprint density at radius 2 is 0.894 bits per heavy atom. The Morgan fingerprint density at radius 1 is 0.511 bits per heavy atom. The monoisotopic (exact) mass is 620 g/mol. The van der Waals surface area contributed by atoms with E-state index in [1.165, 1.54) is 11.1 Å². The minimum Gasteiger partial charge on any atom is -0.322 e. The molecule has 240 valence electrons. The van der Waals surface area contributed by atoms with Crippen LogP contribution >= 0.6 is 0 Å². The van der Waals surface area contributed by atoms with Gasteiger partial charge in [-0.2, -0.15) is 0 Å². The van der Waals surface area contributed by atoms with Gasteiger partial charge < -0.3 is 5.73 Å². The zero-order chi connectivity index (χ0) is 33.7. The Hall–Kier alpha value is -4.67. The molecule has 4 heteroatoms. The molecular formula is C43H48N4. The van der Waals surface area contributed by atoms with Crippen molar-refractivity contribution in [2.24, 2.45) is 15.7 Å². The van der Waals surface area contributed by atoms with Gasteiger partial charge in [0, 0.05) is 16.7 Å². The van der Waals surface area contributed by atoms with Gasteiger partial charge in [0.2, 0.25) is 0 Å². The number of hydrogen-bond acceptors (Lipinski definition) is 4. The van der Waals surface area contributed by atoms with Gasteiger partial charge in [-0.15, -0.1) is 0 Å². The number of para-hydroxylation sites is 2. The van der Waals surface area contributed by atoms with Crippen molar-refractivity contribution in [3.63, 3.8) is 0 Å². The van der Waals surface area contributed by atoms with Gasteiger partial charge in [-0.3, -0.25) is 0 Å². The smallest absolute Gasteiger partial charge is 0.0966 e. The molecule has 0 saturated carbocycles. The zero-order valence-electron chi connectivity index (χ0n) is 29.1. The predicted octanol–water partition coefficient (Wildman–Crippen LogP) is 11.0. The summed E-state index contributed by atoms with van der Waals surface area (Å²) in [4.78, 5) is 16.3. The number of rotatable bonds is 10. The molecule has 5 aromatic rings. The molecule has 0 aliphatic rings.